The molecule has 0 fully saturated rings. The Morgan fingerprint density at radius 2 is 1.39 bits per heavy atom. The molecule has 0 N–H and O–H groups in total. The molecule has 0 aliphatic rings. The van der Waals surface area contributed by atoms with Gasteiger partial charge in [-0.2, -0.15) is 0 Å². The number of rotatable bonds is 17. The van der Waals surface area contributed by atoms with Crippen LogP contribution in [0.2, 0.25) is 0 Å². The molecule has 1 heterocycles. The minimum absolute atomic E-state index is 0.112. The Morgan fingerprint density at radius 3 is 2.06 bits per heavy atom. The molecule has 0 saturated heterocycles. The number of carbonyl (C=O) groups excluding carboxylic acids is 1. The van der Waals surface area contributed by atoms with Gasteiger partial charge in [0.1, 0.15) is 0 Å². The van der Waals surface area contributed by atoms with Gasteiger partial charge in [0.2, 0.25) is 0 Å². The lowest BCUT2D eigenvalue weighted by Gasteiger charge is -2.12. The lowest BCUT2D eigenvalue weighted by Crippen LogP contribution is -2.09. The van der Waals surface area contributed by atoms with Gasteiger partial charge in [-0.05, 0) is 24.3 Å². The Morgan fingerprint density at radius 1 is 0.818 bits per heavy atom. The van der Waals surface area contributed by atoms with Gasteiger partial charge in [-0.25, -0.2) is 9.97 Å². The average Bonchev–Trinajstić information content (AvgIpc) is 2.84. The zero-order valence-corrected chi connectivity index (χ0v) is 20.9. The molecule has 2 rings (SSSR count). The highest BCUT2D eigenvalue weighted by molar-refractivity contribution is 5.70. The van der Waals surface area contributed by atoms with E-state index in [2.05, 4.69) is 30.7 Å². The van der Waals surface area contributed by atoms with Crippen LogP contribution in [0.15, 0.2) is 36.7 Å². The predicted molar refractivity (Wildman–Crippen MR) is 134 cm³/mol. The smallest absolute Gasteiger partial charge is 0.306 e. The fourth-order valence-corrected chi connectivity index (χ4v) is 3.71. The van der Waals surface area contributed by atoms with E-state index in [-0.39, 0.29) is 11.9 Å². The fourth-order valence-electron chi connectivity index (χ4n) is 3.71. The molecule has 0 radical (unpaired) electrons. The summed E-state index contributed by atoms with van der Waals surface area (Å²) in [5.41, 5.74) is 2.06. The summed E-state index contributed by atoms with van der Waals surface area (Å²) in [7, 11) is 0. The van der Waals surface area contributed by atoms with Crippen molar-refractivity contribution in [3.05, 3.63) is 42.2 Å². The number of hydrogen-bond donors (Lipinski definition) is 0. The van der Waals surface area contributed by atoms with Crippen LogP contribution in [0.4, 0.5) is 0 Å². The Hall–Kier alpha value is -2.43. The molecular formula is C28H42N2O3. The number of hydrogen-bond acceptors (Lipinski definition) is 5. The van der Waals surface area contributed by atoms with Crippen molar-refractivity contribution in [3.63, 3.8) is 0 Å². The van der Waals surface area contributed by atoms with Crippen LogP contribution in [0.1, 0.15) is 103 Å². The van der Waals surface area contributed by atoms with E-state index < -0.39 is 0 Å². The molecule has 5 heteroatoms. The van der Waals surface area contributed by atoms with E-state index in [1.54, 1.807) is 12.4 Å². The van der Waals surface area contributed by atoms with Crippen LogP contribution in [-0.4, -0.2) is 29.2 Å². The first-order valence-electron chi connectivity index (χ1n) is 12.8. The van der Waals surface area contributed by atoms with Crippen LogP contribution in [-0.2, 0) is 9.53 Å². The third kappa shape index (κ3) is 10.8. The van der Waals surface area contributed by atoms with Gasteiger partial charge in [-0.3, -0.25) is 4.79 Å². The van der Waals surface area contributed by atoms with Crippen LogP contribution in [0.3, 0.4) is 0 Å². The van der Waals surface area contributed by atoms with Gasteiger partial charge in [-0.1, -0.05) is 96.4 Å². The molecule has 1 unspecified atom stereocenters. The zero-order chi connectivity index (χ0) is 23.7. The van der Waals surface area contributed by atoms with Crippen molar-refractivity contribution in [3.8, 4) is 17.1 Å². The van der Waals surface area contributed by atoms with Crippen molar-refractivity contribution in [2.24, 2.45) is 0 Å². The van der Waals surface area contributed by atoms with Crippen LogP contribution >= 0.6 is 0 Å². The van der Waals surface area contributed by atoms with E-state index in [0.29, 0.717) is 31.2 Å². The Labute approximate surface area is 200 Å². The molecule has 182 valence electrons. The normalized spacial score (nSPS) is 11.8. The van der Waals surface area contributed by atoms with Gasteiger partial charge in [0, 0.05) is 5.56 Å². The Bertz CT molecular complexity index is 775. The summed E-state index contributed by atoms with van der Waals surface area (Å²) in [6.07, 6.45) is 15.8. The summed E-state index contributed by atoms with van der Waals surface area (Å²) in [6.45, 7) is 7.70. The molecular weight excluding hydrogens is 412 g/mol. The zero-order valence-electron chi connectivity index (χ0n) is 20.9. The van der Waals surface area contributed by atoms with Crippen LogP contribution < -0.4 is 4.74 Å². The second kappa shape index (κ2) is 16.2. The summed E-state index contributed by atoms with van der Waals surface area (Å²) >= 11 is 0. The molecule has 1 aromatic carbocycles. The lowest BCUT2D eigenvalue weighted by molar-refractivity contribution is -0.144. The molecule has 1 atom stereocenters. The predicted octanol–water partition coefficient (Wildman–Crippen LogP) is 7.50. The monoisotopic (exact) mass is 454 g/mol. The minimum atomic E-state index is -0.122. The number of aromatic nitrogens is 2. The summed E-state index contributed by atoms with van der Waals surface area (Å²) < 4.78 is 11.1. The van der Waals surface area contributed by atoms with E-state index in [1.807, 2.05) is 24.3 Å². The highest BCUT2D eigenvalue weighted by atomic mass is 16.5. The first kappa shape index (κ1) is 26.8. The van der Waals surface area contributed by atoms with Gasteiger partial charge >= 0.3 is 5.97 Å². The van der Waals surface area contributed by atoms with Crippen molar-refractivity contribution >= 4 is 5.97 Å². The second-order valence-corrected chi connectivity index (χ2v) is 8.87. The number of benzene rings is 1. The number of ether oxygens (including phenoxy) is 2. The summed E-state index contributed by atoms with van der Waals surface area (Å²) in [6, 6.07) is 8.10. The molecule has 5 nitrogen and oxygen atoms in total. The van der Waals surface area contributed by atoms with Crippen LogP contribution in [0.25, 0.3) is 11.4 Å². The highest BCUT2D eigenvalue weighted by Crippen LogP contribution is 2.23. The lowest BCUT2D eigenvalue weighted by atomic mass is 9.97. The maximum Gasteiger partial charge on any atom is 0.306 e. The van der Waals surface area contributed by atoms with Crippen molar-refractivity contribution in [2.45, 2.75) is 97.3 Å². The van der Waals surface area contributed by atoms with Crippen molar-refractivity contribution in [1.82, 2.24) is 9.97 Å². The molecule has 0 spiro atoms. The fraction of sp³-hybridized carbons (Fsp3) is 0.607. The van der Waals surface area contributed by atoms with Crippen molar-refractivity contribution < 1.29 is 14.3 Å². The van der Waals surface area contributed by atoms with Crippen molar-refractivity contribution in [1.29, 1.82) is 0 Å². The van der Waals surface area contributed by atoms with Crippen LogP contribution in [0.5, 0.6) is 5.75 Å². The molecule has 0 bridgehead atoms. The van der Waals surface area contributed by atoms with Gasteiger partial charge in [0.15, 0.2) is 11.6 Å². The van der Waals surface area contributed by atoms with E-state index in [4.69, 9.17) is 9.47 Å². The van der Waals surface area contributed by atoms with E-state index in [9.17, 15) is 4.79 Å². The van der Waals surface area contributed by atoms with Crippen molar-refractivity contribution in [2.75, 3.05) is 13.2 Å². The third-order valence-corrected chi connectivity index (χ3v) is 5.87. The van der Waals surface area contributed by atoms with Crippen LogP contribution in [0, 0.1) is 0 Å². The molecule has 0 aliphatic heterocycles. The SMILES string of the molecule is CCCCCCCCOc1cnc(-c2ccc(C(C)CC(=O)OCCCCCC)cc2)nc1. The Balaban J connectivity index is 1.74. The number of esters is 1. The van der Waals surface area contributed by atoms with Gasteiger partial charge in [-0.15, -0.1) is 0 Å². The van der Waals surface area contributed by atoms with Gasteiger partial charge in [0.25, 0.3) is 0 Å². The molecule has 0 saturated carbocycles. The minimum Gasteiger partial charge on any atom is -0.490 e. The van der Waals surface area contributed by atoms with Gasteiger partial charge in [0.05, 0.1) is 32.0 Å². The average molecular weight is 455 g/mol. The summed E-state index contributed by atoms with van der Waals surface area (Å²) in [5, 5.41) is 0. The van der Waals surface area contributed by atoms with E-state index >= 15 is 0 Å². The molecule has 0 aliphatic carbocycles. The molecule has 2 aromatic rings. The molecule has 1 aromatic heterocycles. The first-order valence-corrected chi connectivity index (χ1v) is 12.8. The maximum atomic E-state index is 12.1. The molecule has 0 amide bonds. The standard InChI is InChI=1S/C28H42N2O3/c1-4-6-8-10-11-13-18-32-26-21-29-28(30-22-26)25-16-14-24(15-17-25)23(3)20-27(31)33-19-12-9-7-5-2/h14-17,21-23H,4-13,18-20H2,1-3H3. The maximum absolute atomic E-state index is 12.1. The van der Waals surface area contributed by atoms with Gasteiger partial charge < -0.3 is 9.47 Å². The van der Waals surface area contributed by atoms with E-state index in [1.165, 1.54) is 44.9 Å². The highest BCUT2D eigenvalue weighted by Gasteiger charge is 2.13. The topological polar surface area (TPSA) is 61.3 Å². The number of carbonyl (C=O) groups is 1. The Kier molecular flexibility index (Phi) is 13.2. The first-order chi connectivity index (χ1) is 16.1. The largest absolute Gasteiger partial charge is 0.490 e. The summed E-state index contributed by atoms with van der Waals surface area (Å²) in [4.78, 5) is 21.0. The quantitative estimate of drug-likeness (QED) is 0.183. The van der Waals surface area contributed by atoms with E-state index in [0.717, 1.165) is 30.4 Å². The summed E-state index contributed by atoms with van der Waals surface area (Å²) in [5.74, 6) is 1.38. The number of unbranched alkanes of at least 4 members (excludes halogenated alkanes) is 8. The number of nitrogens with zero attached hydrogens (tertiary/aromatic N) is 2. The third-order valence-electron chi connectivity index (χ3n) is 5.87. The molecule has 33 heavy (non-hydrogen) atoms. The second-order valence-electron chi connectivity index (χ2n) is 8.87.